The number of ether oxygens (including phenoxy) is 1. The van der Waals surface area contributed by atoms with E-state index in [2.05, 4.69) is 16.0 Å². The van der Waals surface area contributed by atoms with Gasteiger partial charge in [-0.05, 0) is 31.0 Å². The standard InChI is InChI=1S/C15H24N6O3/c1-19-9-5-6-12(24-2)10(8-9)14(23)21-11(13(16)22)4-3-7-20-15(17)18/h5-6,8,11,19H,3-4,7H2,1-2H3,(H2,16,22)(H,21,23)(H4,17,18,20)/t11-/m0/s1. The lowest BCUT2D eigenvalue weighted by Gasteiger charge is -2.17. The molecule has 0 heterocycles. The number of primary amides is 1. The van der Waals surface area contributed by atoms with Gasteiger partial charge in [0.25, 0.3) is 5.91 Å². The van der Waals surface area contributed by atoms with Crippen LogP contribution in [0.2, 0.25) is 0 Å². The maximum absolute atomic E-state index is 12.5. The predicted octanol–water partition coefficient (Wildman–Crippen LogP) is -0.416. The summed E-state index contributed by atoms with van der Waals surface area (Å²) in [4.78, 5) is 24.0. The fourth-order valence-electron chi connectivity index (χ4n) is 2.09. The Bertz CT molecular complexity index is 605. The normalized spacial score (nSPS) is 11.2. The SMILES string of the molecule is CNc1ccc(OC)c(C(=O)N[C@@H](CCCNC(=N)N)C(N)=O)c1. The molecule has 1 aromatic carbocycles. The molecule has 9 nitrogen and oxygen atoms in total. The Balaban J connectivity index is 2.78. The molecule has 0 spiro atoms. The molecular formula is C15H24N6O3. The summed E-state index contributed by atoms with van der Waals surface area (Å²) in [6, 6.07) is 4.24. The molecule has 0 saturated carbocycles. The number of carbonyl (C=O) groups excluding carboxylic acids is 2. The topological polar surface area (TPSA) is 155 Å². The van der Waals surface area contributed by atoms with Crippen molar-refractivity contribution < 1.29 is 14.3 Å². The lowest BCUT2D eigenvalue weighted by Crippen LogP contribution is -2.45. The summed E-state index contributed by atoms with van der Waals surface area (Å²) in [5.41, 5.74) is 11.6. The maximum Gasteiger partial charge on any atom is 0.255 e. The average molecular weight is 336 g/mol. The molecule has 0 saturated heterocycles. The van der Waals surface area contributed by atoms with Crippen LogP contribution in [0.5, 0.6) is 5.75 Å². The van der Waals surface area contributed by atoms with E-state index in [1.54, 1.807) is 25.2 Å². The van der Waals surface area contributed by atoms with Gasteiger partial charge in [0, 0.05) is 19.3 Å². The van der Waals surface area contributed by atoms with Gasteiger partial charge in [-0.15, -0.1) is 0 Å². The van der Waals surface area contributed by atoms with Gasteiger partial charge in [-0.25, -0.2) is 0 Å². The van der Waals surface area contributed by atoms with Crippen LogP contribution in [0.15, 0.2) is 18.2 Å². The number of methoxy groups -OCH3 is 1. The number of nitrogens with one attached hydrogen (secondary N) is 4. The highest BCUT2D eigenvalue weighted by Gasteiger charge is 2.21. The van der Waals surface area contributed by atoms with Crippen LogP contribution in [0.3, 0.4) is 0 Å². The minimum absolute atomic E-state index is 0.150. The van der Waals surface area contributed by atoms with E-state index in [-0.39, 0.29) is 5.96 Å². The second-order valence-electron chi connectivity index (χ2n) is 5.08. The minimum atomic E-state index is -0.825. The molecule has 0 radical (unpaired) electrons. The summed E-state index contributed by atoms with van der Waals surface area (Å²) >= 11 is 0. The number of carbonyl (C=O) groups is 2. The molecule has 1 rings (SSSR count). The zero-order chi connectivity index (χ0) is 18.1. The van der Waals surface area contributed by atoms with Crippen molar-refractivity contribution in [1.82, 2.24) is 10.6 Å². The van der Waals surface area contributed by atoms with Crippen LogP contribution in [0.4, 0.5) is 5.69 Å². The van der Waals surface area contributed by atoms with Crippen LogP contribution in [0, 0.1) is 5.41 Å². The molecule has 0 aliphatic carbocycles. The monoisotopic (exact) mass is 336 g/mol. The first-order chi connectivity index (χ1) is 11.4. The second-order valence-corrected chi connectivity index (χ2v) is 5.08. The van der Waals surface area contributed by atoms with Gasteiger partial charge in [0.1, 0.15) is 11.8 Å². The van der Waals surface area contributed by atoms with Crippen LogP contribution in [-0.4, -0.2) is 44.5 Å². The van der Waals surface area contributed by atoms with Gasteiger partial charge >= 0.3 is 0 Å². The number of rotatable bonds is 9. The lowest BCUT2D eigenvalue weighted by molar-refractivity contribution is -0.120. The number of benzene rings is 1. The number of hydrogen-bond acceptors (Lipinski definition) is 5. The number of guanidine groups is 1. The molecule has 9 heteroatoms. The summed E-state index contributed by atoms with van der Waals surface area (Å²) in [5, 5.41) is 15.2. The summed E-state index contributed by atoms with van der Waals surface area (Å²) in [6.07, 6.45) is 0.844. The molecule has 0 aliphatic heterocycles. The van der Waals surface area contributed by atoms with Gasteiger partial charge in [0.05, 0.1) is 12.7 Å². The van der Waals surface area contributed by atoms with E-state index in [9.17, 15) is 9.59 Å². The highest BCUT2D eigenvalue weighted by Crippen LogP contribution is 2.22. The average Bonchev–Trinajstić information content (AvgIpc) is 2.56. The summed E-state index contributed by atoms with van der Waals surface area (Å²) in [5.74, 6) is -0.835. The van der Waals surface area contributed by atoms with E-state index in [0.717, 1.165) is 5.69 Å². The Morgan fingerprint density at radius 2 is 2.04 bits per heavy atom. The van der Waals surface area contributed by atoms with Crippen molar-refractivity contribution in [3.8, 4) is 5.75 Å². The Morgan fingerprint density at radius 1 is 1.33 bits per heavy atom. The molecule has 132 valence electrons. The van der Waals surface area contributed by atoms with E-state index in [4.69, 9.17) is 21.6 Å². The fourth-order valence-corrected chi connectivity index (χ4v) is 2.09. The maximum atomic E-state index is 12.5. The predicted molar refractivity (Wildman–Crippen MR) is 92.1 cm³/mol. The van der Waals surface area contributed by atoms with Gasteiger partial charge in [0.2, 0.25) is 5.91 Å². The van der Waals surface area contributed by atoms with Crippen molar-refractivity contribution in [3.05, 3.63) is 23.8 Å². The van der Waals surface area contributed by atoms with Crippen LogP contribution in [-0.2, 0) is 4.79 Å². The lowest BCUT2D eigenvalue weighted by atomic mass is 10.1. The Morgan fingerprint density at radius 3 is 2.58 bits per heavy atom. The summed E-state index contributed by atoms with van der Waals surface area (Å²) in [6.45, 7) is 0.410. The number of anilines is 1. The third-order valence-corrected chi connectivity index (χ3v) is 3.37. The van der Waals surface area contributed by atoms with Crippen LogP contribution in [0.1, 0.15) is 23.2 Å². The Labute approximate surface area is 140 Å². The molecule has 0 aliphatic rings. The molecular weight excluding hydrogens is 312 g/mol. The van der Waals surface area contributed by atoms with Gasteiger partial charge < -0.3 is 32.2 Å². The van der Waals surface area contributed by atoms with Crippen molar-refractivity contribution in [1.29, 1.82) is 5.41 Å². The van der Waals surface area contributed by atoms with E-state index >= 15 is 0 Å². The number of amides is 2. The third kappa shape index (κ3) is 5.67. The smallest absolute Gasteiger partial charge is 0.255 e. The molecule has 0 bridgehead atoms. The quantitative estimate of drug-likeness (QED) is 0.204. The zero-order valence-electron chi connectivity index (χ0n) is 13.8. The van der Waals surface area contributed by atoms with Crippen molar-refractivity contribution in [2.45, 2.75) is 18.9 Å². The summed E-state index contributed by atoms with van der Waals surface area (Å²) in [7, 11) is 3.20. The van der Waals surface area contributed by atoms with Gasteiger partial charge in [-0.2, -0.15) is 0 Å². The first-order valence-electron chi connectivity index (χ1n) is 7.43. The number of nitrogens with two attached hydrogens (primary N) is 2. The molecule has 0 aromatic heterocycles. The second kappa shape index (κ2) is 9.23. The highest BCUT2D eigenvalue weighted by atomic mass is 16.5. The summed E-state index contributed by atoms with van der Waals surface area (Å²) < 4.78 is 5.18. The van der Waals surface area contributed by atoms with Gasteiger partial charge in [-0.1, -0.05) is 0 Å². The molecule has 1 aromatic rings. The highest BCUT2D eigenvalue weighted by molar-refractivity contribution is 6.00. The Kier molecular flexibility index (Phi) is 7.34. The molecule has 0 unspecified atom stereocenters. The van der Waals surface area contributed by atoms with Crippen LogP contribution < -0.4 is 32.2 Å². The van der Waals surface area contributed by atoms with Crippen molar-refractivity contribution in [2.24, 2.45) is 11.5 Å². The van der Waals surface area contributed by atoms with Gasteiger partial charge in [0.15, 0.2) is 5.96 Å². The minimum Gasteiger partial charge on any atom is -0.496 e. The first-order valence-corrected chi connectivity index (χ1v) is 7.43. The fraction of sp³-hybridized carbons (Fsp3) is 0.400. The van der Waals surface area contributed by atoms with Crippen LogP contribution >= 0.6 is 0 Å². The van der Waals surface area contributed by atoms with Crippen molar-refractivity contribution >= 4 is 23.5 Å². The molecule has 0 fully saturated rings. The largest absolute Gasteiger partial charge is 0.496 e. The van der Waals surface area contributed by atoms with Crippen molar-refractivity contribution in [3.63, 3.8) is 0 Å². The van der Waals surface area contributed by atoms with Crippen LogP contribution in [0.25, 0.3) is 0 Å². The van der Waals surface area contributed by atoms with E-state index in [1.807, 2.05) is 0 Å². The van der Waals surface area contributed by atoms with E-state index in [0.29, 0.717) is 30.7 Å². The molecule has 2 amide bonds. The van der Waals surface area contributed by atoms with E-state index in [1.165, 1.54) is 7.11 Å². The molecule has 1 atom stereocenters. The Hall–Kier alpha value is -2.97. The third-order valence-electron chi connectivity index (χ3n) is 3.37. The molecule has 8 N–H and O–H groups in total. The van der Waals surface area contributed by atoms with Gasteiger partial charge in [-0.3, -0.25) is 15.0 Å². The molecule has 24 heavy (non-hydrogen) atoms. The van der Waals surface area contributed by atoms with Crippen molar-refractivity contribution in [2.75, 3.05) is 26.0 Å². The van der Waals surface area contributed by atoms with E-state index < -0.39 is 17.9 Å². The first kappa shape index (κ1) is 19.1. The number of hydrogen-bond donors (Lipinski definition) is 6. The zero-order valence-corrected chi connectivity index (χ0v) is 13.8.